The molecule has 2 rings (SSSR count). The van der Waals surface area contributed by atoms with Gasteiger partial charge in [0.2, 0.25) is 0 Å². The SMILES string of the molecule is CN1CCN(c2ccnc(/C=N/I)c2)CC1. The number of aromatic nitrogens is 1. The van der Waals surface area contributed by atoms with Crippen molar-refractivity contribution in [3.8, 4) is 0 Å². The van der Waals surface area contributed by atoms with Gasteiger partial charge >= 0.3 is 0 Å². The van der Waals surface area contributed by atoms with Gasteiger partial charge in [-0.05, 0) is 19.2 Å². The van der Waals surface area contributed by atoms with Gasteiger partial charge in [0.25, 0.3) is 0 Å². The van der Waals surface area contributed by atoms with E-state index in [4.69, 9.17) is 0 Å². The van der Waals surface area contributed by atoms with Crippen LogP contribution in [0.3, 0.4) is 0 Å². The van der Waals surface area contributed by atoms with E-state index in [0.29, 0.717) is 0 Å². The Morgan fingerprint density at radius 3 is 2.81 bits per heavy atom. The Bertz CT molecular complexity index is 372. The summed E-state index contributed by atoms with van der Waals surface area (Å²) in [4.78, 5) is 8.99. The number of pyridine rings is 1. The first-order valence-corrected chi connectivity index (χ1v) is 6.30. The average molecular weight is 330 g/mol. The molecule has 86 valence electrons. The quantitative estimate of drug-likeness (QED) is 0.610. The van der Waals surface area contributed by atoms with Gasteiger partial charge in [-0.2, -0.15) is 0 Å². The molecule has 5 heteroatoms. The molecule has 0 aliphatic carbocycles. The van der Waals surface area contributed by atoms with Crippen LogP contribution in [0.1, 0.15) is 5.69 Å². The van der Waals surface area contributed by atoms with Crippen LogP contribution < -0.4 is 4.90 Å². The van der Waals surface area contributed by atoms with Crippen molar-refractivity contribution < 1.29 is 0 Å². The number of anilines is 1. The van der Waals surface area contributed by atoms with Gasteiger partial charge in [0, 0.05) is 38.1 Å². The Balaban J connectivity index is 2.11. The molecule has 0 saturated carbocycles. The van der Waals surface area contributed by atoms with Crippen LogP contribution in [0.2, 0.25) is 0 Å². The molecular weight excluding hydrogens is 315 g/mol. The summed E-state index contributed by atoms with van der Waals surface area (Å²) in [5.41, 5.74) is 2.17. The van der Waals surface area contributed by atoms with E-state index in [2.05, 4.69) is 37.2 Å². The van der Waals surface area contributed by atoms with Crippen molar-refractivity contribution in [3.05, 3.63) is 24.0 Å². The summed E-state index contributed by atoms with van der Waals surface area (Å²) in [5.74, 6) is 0. The molecule has 1 fully saturated rings. The normalized spacial score (nSPS) is 18.2. The Morgan fingerprint density at radius 2 is 2.12 bits per heavy atom. The molecule has 0 N–H and O–H groups in total. The minimum absolute atomic E-state index is 0.922. The second-order valence-electron chi connectivity index (χ2n) is 3.96. The number of piperazine rings is 1. The van der Waals surface area contributed by atoms with E-state index in [1.165, 1.54) is 5.69 Å². The monoisotopic (exact) mass is 330 g/mol. The van der Waals surface area contributed by atoms with Crippen LogP contribution in [-0.4, -0.2) is 49.3 Å². The molecular formula is C11H15IN4. The Kier molecular flexibility index (Phi) is 4.11. The predicted molar refractivity (Wildman–Crippen MR) is 75.6 cm³/mol. The molecule has 1 aromatic rings. The second kappa shape index (κ2) is 5.58. The van der Waals surface area contributed by atoms with Crippen molar-refractivity contribution in [1.82, 2.24) is 9.88 Å². The Morgan fingerprint density at radius 1 is 1.38 bits per heavy atom. The first kappa shape index (κ1) is 11.8. The third-order valence-corrected chi connectivity index (χ3v) is 3.09. The highest BCUT2D eigenvalue weighted by atomic mass is 127. The van der Waals surface area contributed by atoms with E-state index < -0.39 is 0 Å². The lowest BCUT2D eigenvalue weighted by molar-refractivity contribution is 0.313. The molecule has 0 unspecified atom stereocenters. The summed E-state index contributed by atoms with van der Waals surface area (Å²) in [6.45, 7) is 4.42. The van der Waals surface area contributed by atoms with Crippen molar-refractivity contribution in [2.24, 2.45) is 3.21 Å². The summed E-state index contributed by atoms with van der Waals surface area (Å²) < 4.78 is 3.96. The minimum atomic E-state index is 0.922. The van der Waals surface area contributed by atoms with Crippen LogP contribution in [-0.2, 0) is 0 Å². The topological polar surface area (TPSA) is 31.7 Å². The van der Waals surface area contributed by atoms with Gasteiger partial charge in [0.1, 0.15) is 0 Å². The summed E-state index contributed by atoms with van der Waals surface area (Å²) in [6, 6.07) is 4.16. The summed E-state index contributed by atoms with van der Waals surface area (Å²) in [6.07, 6.45) is 3.63. The van der Waals surface area contributed by atoms with E-state index >= 15 is 0 Å². The fourth-order valence-corrected chi connectivity index (χ4v) is 2.10. The zero-order valence-electron chi connectivity index (χ0n) is 9.30. The van der Waals surface area contributed by atoms with Crippen molar-refractivity contribution in [2.45, 2.75) is 0 Å². The minimum Gasteiger partial charge on any atom is -0.369 e. The standard InChI is InChI=1S/C11H15IN4/c1-15-4-6-16(7-5-15)11-2-3-13-10(8-11)9-14-12/h2-3,8-9H,4-7H2,1H3/b14-9+. The van der Waals surface area contributed by atoms with Crippen LogP contribution in [0.4, 0.5) is 5.69 Å². The highest BCUT2D eigenvalue weighted by molar-refractivity contribution is 14.1. The molecule has 4 nitrogen and oxygen atoms in total. The van der Waals surface area contributed by atoms with Crippen LogP contribution >= 0.6 is 22.9 Å². The number of hydrogen-bond donors (Lipinski definition) is 0. The maximum atomic E-state index is 4.25. The van der Waals surface area contributed by atoms with Gasteiger partial charge in [-0.1, -0.05) is 0 Å². The lowest BCUT2D eigenvalue weighted by Gasteiger charge is -2.34. The van der Waals surface area contributed by atoms with Crippen molar-refractivity contribution in [1.29, 1.82) is 0 Å². The van der Waals surface area contributed by atoms with Crippen LogP contribution in [0.5, 0.6) is 0 Å². The number of likely N-dealkylation sites (N-methyl/N-ethyl adjacent to an activating group) is 1. The molecule has 1 aliphatic rings. The molecule has 2 heterocycles. The van der Waals surface area contributed by atoms with Crippen LogP contribution in [0.15, 0.2) is 21.5 Å². The van der Waals surface area contributed by atoms with Crippen molar-refractivity contribution in [2.75, 3.05) is 38.1 Å². The number of hydrogen-bond acceptors (Lipinski definition) is 4. The smallest absolute Gasteiger partial charge is 0.0837 e. The highest BCUT2D eigenvalue weighted by Gasteiger charge is 2.14. The first-order chi connectivity index (χ1) is 7.79. The lowest BCUT2D eigenvalue weighted by Crippen LogP contribution is -2.44. The van der Waals surface area contributed by atoms with E-state index in [0.717, 1.165) is 31.9 Å². The largest absolute Gasteiger partial charge is 0.369 e. The lowest BCUT2D eigenvalue weighted by atomic mass is 10.2. The molecule has 0 atom stereocenters. The molecule has 0 amide bonds. The van der Waals surface area contributed by atoms with Gasteiger partial charge < -0.3 is 9.80 Å². The third-order valence-electron chi connectivity index (χ3n) is 2.81. The molecule has 0 aromatic carbocycles. The van der Waals surface area contributed by atoms with E-state index in [1.54, 1.807) is 6.21 Å². The fourth-order valence-electron chi connectivity index (χ4n) is 1.82. The van der Waals surface area contributed by atoms with Crippen molar-refractivity contribution in [3.63, 3.8) is 0 Å². The van der Waals surface area contributed by atoms with Gasteiger partial charge in [-0.3, -0.25) is 4.98 Å². The van der Waals surface area contributed by atoms with Crippen molar-refractivity contribution >= 4 is 34.8 Å². The van der Waals surface area contributed by atoms with Gasteiger partial charge in [-0.15, -0.1) is 0 Å². The van der Waals surface area contributed by atoms with E-state index in [1.807, 2.05) is 29.1 Å². The van der Waals surface area contributed by atoms with Crippen LogP contribution in [0.25, 0.3) is 0 Å². The number of rotatable bonds is 2. The first-order valence-electron chi connectivity index (χ1n) is 5.33. The van der Waals surface area contributed by atoms with Gasteiger partial charge in [0.05, 0.1) is 34.8 Å². The molecule has 1 aromatic heterocycles. The molecule has 1 aliphatic heterocycles. The Labute approximate surface area is 110 Å². The molecule has 0 spiro atoms. The third kappa shape index (κ3) is 2.91. The average Bonchev–Trinajstić information content (AvgIpc) is 2.31. The summed E-state index contributed by atoms with van der Waals surface area (Å²) in [5, 5.41) is 0. The van der Waals surface area contributed by atoms with E-state index in [-0.39, 0.29) is 0 Å². The number of nitrogens with zero attached hydrogens (tertiary/aromatic N) is 4. The molecule has 0 bridgehead atoms. The molecule has 16 heavy (non-hydrogen) atoms. The second-order valence-corrected chi connectivity index (χ2v) is 4.51. The van der Waals surface area contributed by atoms with Gasteiger partial charge in [0.15, 0.2) is 0 Å². The zero-order valence-corrected chi connectivity index (χ0v) is 11.5. The van der Waals surface area contributed by atoms with Gasteiger partial charge in [-0.25, -0.2) is 3.21 Å². The summed E-state index contributed by atoms with van der Waals surface area (Å²) >= 11 is 1.97. The van der Waals surface area contributed by atoms with E-state index in [9.17, 15) is 0 Å². The molecule has 1 saturated heterocycles. The fraction of sp³-hybridized carbons (Fsp3) is 0.455. The summed E-state index contributed by atoms with van der Waals surface area (Å²) in [7, 11) is 2.16. The maximum absolute atomic E-state index is 4.25. The highest BCUT2D eigenvalue weighted by Crippen LogP contribution is 2.15. The zero-order chi connectivity index (χ0) is 11.4. The maximum Gasteiger partial charge on any atom is 0.0837 e. The number of halogens is 1. The molecule has 0 radical (unpaired) electrons. The Hall–Kier alpha value is -0.690. The van der Waals surface area contributed by atoms with Crippen LogP contribution in [0, 0.1) is 0 Å². The predicted octanol–water partition coefficient (Wildman–Crippen LogP) is 1.60.